The fourth-order valence-corrected chi connectivity index (χ4v) is 1.94. The molecule has 16 heavy (non-hydrogen) atoms. The number of rotatable bonds is 4. The molecule has 1 fully saturated rings. The number of primary amides is 1. The van der Waals surface area contributed by atoms with E-state index in [0.717, 1.165) is 0 Å². The first-order chi connectivity index (χ1) is 7.34. The number of nitrogens with two attached hydrogens (primary N) is 1. The van der Waals surface area contributed by atoms with Crippen molar-refractivity contribution in [3.05, 3.63) is 5.21 Å². The number of carbonyl (C=O) groups excluding carboxylic acids is 2. The zero-order chi connectivity index (χ0) is 12.5. The smallest absolute Gasteiger partial charge is 0.219 e. The van der Waals surface area contributed by atoms with Gasteiger partial charge >= 0.3 is 0 Å². The van der Waals surface area contributed by atoms with Crippen molar-refractivity contribution < 1.29 is 19.8 Å². The van der Waals surface area contributed by atoms with Crippen LogP contribution in [-0.2, 0) is 9.59 Å². The number of aliphatic carboxylic acids is 1. The summed E-state index contributed by atoms with van der Waals surface area (Å²) in [5.41, 5.74) is 4.97. The lowest BCUT2D eigenvalue weighted by Crippen LogP contribution is -3.09. The number of hydrogen-bond donors (Lipinski definition) is 2. The highest BCUT2D eigenvalue weighted by Crippen LogP contribution is 2.13. The second-order valence-corrected chi connectivity index (χ2v) is 4.17. The van der Waals surface area contributed by atoms with Gasteiger partial charge in [0.2, 0.25) is 5.91 Å². The van der Waals surface area contributed by atoms with Crippen LogP contribution in [0, 0.1) is 5.21 Å². The molecule has 3 N–H and O–H groups in total. The molecule has 0 aromatic rings. The average Bonchev–Trinajstić information content (AvgIpc) is 2.42. The second-order valence-electron chi connectivity index (χ2n) is 4.17. The van der Waals surface area contributed by atoms with Crippen molar-refractivity contribution in [2.75, 3.05) is 6.67 Å². The highest BCUT2D eigenvalue weighted by atomic mass is 16.5. The van der Waals surface area contributed by atoms with Crippen molar-refractivity contribution in [2.24, 2.45) is 5.73 Å². The van der Waals surface area contributed by atoms with E-state index < -0.39 is 17.9 Å². The molecule has 92 valence electrons. The second kappa shape index (κ2) is 4.77. The summed E-state index contributed by atoms with van der Waals surface area (Å²) < 4.78 is 0. The number of hydrogen-bond acceptors (Lipinski definition) is 5. The fraction of sp³-hybridized carbons (Fsp3) is 0.778. The summed E-state index contributed by atoms with van der Waals surface area (Å²) >= 11 is 0. The first kappa shape index (κ1) is 12.9. The van der Waals surface area contributed by atoms with Gasteiger partial charge in [0, 0.05) is 6.42 Å². The molecule has 0 aliphatic carbocycles. The minimum Gasteiger partial charge on any atom is -0.633 e. The van der Waals surface area contributed by atoms with E-state index in [1.807, 2.05) is 0 Å². The summed E-state index contributed by atoms with van der Waals surface area (Å²) in [7, 11) is 0. The van der Waals surface area contributed by atoms with Crippen LogP contribution >= 0.6 is 0 Å². The molecule has 1 saturated heterocycles. The molecule has 1 amide bonds. The minimum atomic E-state index is -1.37. The summed E-state index contributed by atoms with van der Waals surface area (Å²) in [5, 5.41) is 22.3. The minimum absolute atomic E-state index is 0.0248. The number of nitrogens with one attached hydrogen (secondary N) is 1. The molecular weight excluding hydrogens is 214 g/mol. The zero-order valence-corrected chi connectivity index (χ0v) is 9.30. The van der Waals surface area contributed by atoms with Gasteiger partial charge in [0.05, 0.1) is 18.1 Å². The van der Waals surface area contributed by atoms with E-state index in [2.05, 4.69) is 0 Å². The Kier molecular flexibility index (Phi) is 3.84. The van der Waals surface area contributed by atoms with Gasteiger partial charge < -0.3 is 25.9 Å². The molecule has 4 atom stereocenters. The quantitative estimate of drug-likeness (QED) is 0.484. The van der Waals surface area contributed by atoms with Crippen molar-refractivity contribution in [1.82, 2.24) is 4.90 Å². The van der Waals surface area contributed by atoms with E-state index >= 15 is 0 Å². The van der Waals surface area contributed by atoms with Crippen LogP contribution in [0.2, 0.25) is 0 Å². The fourth-order valence-electron chi connectivity index (χ4n) is 1.94. The van der Waals surface area contributed by atoms with E-state index in [1.165, 1.54) is 4.90 Å². The Morgan fingerprint density at radius 3 is 2.44 bits per heavy atom. The van der Waals surface area contributed by atoms with Crippen LogP contribution in [-0.4, -0.2) is 41.6 Å². The Bertz CT molecular complexity index is 296. The third-order valence-electron chi connectivity index (χ3n) is 3.16. The van der Waals surface area contributed by atoms with Crippen molar-refractivity contribution >= 4 is 11.9 Å². The molecule has 0 bridgehead atoms. The third-order valence-corrected chi connectivity index (χ3v) is 3.16. The van der Waals surface area contributed by atoms with Crippen LogP contribution in [0.25, 0.3) is 0 Å². The maximum atomic E-state index is 11.4. The van der Waals surface area contributed by atoms with Crippen LogP contribution in [0.3, 0.4) is 0 Å². The third kappa shape index (κ3) is 2.49. The molecule has 0 radical (unpaired) electrons. The first-order valence-electron chi connectivity index (χ1n) is 5.12. The van der Waals surface area contributed by atoms with Gasteiger partial charge in [-0.05, 0) is 13.8 Å². The maximum absolute atomic E-state index is 11.4. The van der Waals surface area contributed by atoms with Gasteiger partial charge in [-0.2, -0.15) is 0 Å². The van der Waals surface area contributed by atoms with Crippen molar-refractivity contribution in [2.45, 2.75) is 38.4 Å². The average molecular weight is 230 g/mol. The maximum Gasteiger partial charge on any atom is 0.219 e. The number of carboxylic acid groups (broad SMARTS) is 1. The normalized spacial score (nSPS) is 32.6. The topological polar surface area (TPSA) is 114 Å². The highest BCUT2D eigenvalue weighted by Gasteiger charge is 2.39. The predicted molar refractivity (Wildman–Crippen MR) is 52.6 cm³/mol. The largest absolute Gasteiger partial charge is 0.633 e. The van der Waals surface area contributed by atoms with Gasteiger partial charge in [-0.3, -0.25) is 4.79 Å². The molecule has 0 aromatic carbocycles. The molecule has 1 aliphatic rings. The SMILES string of the molecule is CC1C(C)[NH+]([O-])CN1[C@@H](CC(N)=O)C(=O)[O-]. The number of nitrogens with zero attached hydrogens (tertiary/aromatic N) is 1. The van der Waals surface area contributed by atoms with Gasteiger partial charge in [0.15, 0.2) is 0 Å². The van der Waals surface area contributed by atoms with Gasteiger partial charge in [0.25, 0.3) is 0 Å². The summed E-state index contributed by atoms with van der Waals surface area (Å²) in [5.74, 6) is -2.08. The van der Waals surface area contributed by atoms with E-state index in [1.54, 1.807) is 13.8 Å². The summed E-state index contributed by atoms with van der Waals surface area (Å²) in [6, 6.07) is -1.55. The lowest BCUT2D eigenvalue weighted by molar-refractivity contribution is -0.864. The first-order valence-corrected chi connectivity index (χ1v) is 5.12. The van der Waals surface area contributed by atoms with Crippen molar-refractivity contribution in [3.8, 4) is 0 Å². The molecule has 1 aliphatic heterocycles. The van der Waals surface area contributed by atoms with Crippen LogP contribution < -0.4 is 15.9 Å². The Morgan fingerprint density at radius 2 is 2.12 bits per heavy atom. The van der Waals surface area contributed by atoms with E-state index in [0.29, 0.717) is 0 Å². The molecule has 0 spiro atoms. The van der Waals surface area contributed by atoms with Crippen LogP contribution in [0.1, 0.15) is 20.3 Å². The number of quaternary nitrogens is 1. The molecular formula is C9H16N3O4-. The molecule has 3 unspecified atom stereocenters. The Morgan fingerprint density at radius 1 is 1.56 bits per heavy atom. The Balaban J connectivity index is 2.80. The number of carbonyl (C=O) groups is 2. The highest BCUT2D eigenvalue weighted by molar-refractivity contribution is 5.82. The Labute approximate surface area is 93.4 Å². The van der Waals surface area contributed by atoms with Crippen molar-refractivity contribution in [1.29, 1.82) is 0 Å². The van der Waals surface area contributed by atoms with Crippen LogP contribution in [0.15, 0.2) is 0 Å². The Hall–Kier alpha value is -1.18. The molecule has 7 heteroatoms. The molecule has 0 aromatic heterocycles. The van der Waals surface area contributed by atoms with Gasteiger partial charge in [-0.1, -0.05) is 0 Å². The lowest BCUT2D eigenvalue weighted by atomic mass is 10.1. The van der Waals surface area contributed by atoms with Crippen molar-refractivity contribution in [3.63, 3.8) is 0 Å². The number of amides is 1. The van der Waals surface area contributed by atoms with E-state index in [9.17, 15) is 19.9 Å². The molecule has 0 saturated carbocycles. The van der Waals surface area contributed by atoms with E-state index in [4.69, 9.17) is 5.73 Å². The molecule has 1 heterocycles. The monoisotopic (exact) mass is 230 g/mol. The van der Waals surface area contributed by atoms with Gasteiger partial charge in [-0.15, -0.1) is 0 Å². The van der Waals surface area contributed by atoms with E-state index in [-0.39, 0.29) is 30.2 Å². The lowest BCUT2D eigenvalue weighted by Gasteiger charge is -2.28. The predicted octanol–water partition coefficient (Wildman–Crippen LogP) is -3.59. The molecule has 7 nitrogen and oxygen atoms in total. The van der Waals surface area contributed by atoms with Gasteiger partial charge in [-0.25, -0.2) is 4.90 Å². The molecule has 1 rings (SSSR count). The number of hydroxylamine groups is 2. The van der Waals surface area contributed by atoms with Crippen LogP contribution in [0.5, 0.6) is 0 Å². The summed E-state index contributed by atoms with van der Waals surface area (Å²) in [6.07, 6.45) is -0.327. The van der Waals surface area contributed by atoms with Crippen LogP contribution in [0.4, 0.5) is 0 Å². The number of carboxylic acids is 1. The van der Waals surface area contributed by atoms with Gasteiger partial charge in [0.1, 0.15) is 12.7 Å². The standard InChI is InChI=1S/C9H17N3O4/c1-5-6(2)12(16)4-11(5)7(9(14)15)3-8(10)13/h5-7,12H,3-4H2,1-2H3,(H2,10,13)(H,14,15)/p-1/t5?,6?,7-/m0/s1. The summed E-state index contributed by atoms with van der Waals surface area (Å²) in [4.78, 5) is 23.1. The summed E-state index contributed by atoms with van der Waals surface area (Å²) in [6.45, 7) is 3.53. The zero-order valence-electron chi connectivity index (χ0n) is 9.30.